The second-order valence-electron chi connectivity index (χ2n) is 4.65. The van der Waals surface area contributed by atoms with Crippen molar-refractivity contribution in [3.63, 3.8) is 0 Å². The normalized spacial score (nSPS) is 18.6. The minimum atomic E-state index is -0.0510. The first-order chi connectivity index (χ1) is 7.71. The molecule has 0 bridgehead atoms. The number of thiazole rings is 1. The molecule has 1 aliphatic rings. The molecule has 1 aromatic carbocycles. The summed E-state index contributed by atoms with van der Waals surface area (Å²) in [5, 5.41) is 1.21. The van der Waals surface area contributed by atoms with E-state index in [1.807, 2.05) is 0 Å². The van der Waals surface area contributed by atoms with Crippen LogP contribution in [0.25, 0.3) is 10.2 Å². The molecular weight excluding hydrogens is 216 g/mol. The maximum absolute atomic E-state index is 6.34. The van der Waals surface area contributed by atoms with E-state index in [0.717, 1.165) is 24.8 Å². The molecule has 0 aliphatic heterocycles. The summed E-state index contributed by atoms with van der Waals surface area (Å²) in [6.45, 7) is 2.15. The van der Waals surface area contributed by atoms with Crippen LogP contribution < -0.4 is 5.73 Å². The molecule has 0 atom stereocenters. The quantitative estimate of drug-likeness (QED) is 0.863. The molecule has 0 amide bonds. The summed E-state index contributed by atoms with van der Waals surface area (Å²) in [5.74, 6) is 0. The van der Waals surface area contributed by atoms with Crippen LogP contribution in [-0.4, -0.2) is 4.98 Å². The van der Waals surface area contributed by atoms with E-state index in [1.165, 1.54) is 21.7 Å². The Hall–Kier alpha value is -0.930. The molecule has 3 heteroatoms. The molecule has 1 aliphatic carbocycles. The van der Waals surface area contributed by atoms with Crippen LogP contribution >= 0.6 is 11.3 Å². The van der Waals surface area contributed by atoms with Gasteiger partial charge in [-0.05, 0) is 43.4 Å². The summed E-state index contributed by atoms with van der Waals surface area (Å²) in [4.78, 5) is 4.58. The van der Waals surface area contributed by atoms with Crippen molar-refractivity contribution in [1.29, 1.82) is 0 Å². The van der Waals surface area contributed by atoms with Crippen molar-refractivity contribution in [2.24, 2.45) is 5.73 Å². The molecule has 1 fully saturated rings. The van der Waals surface area contributed by atoms with Crippen LogP contribution in [0.2, 0.25) is 0 Å². The van der Waals surface area contributed by atoms with Gasteiger partial charge in [0.2, 0.25) is 0 Å². The fraction of sp³-hybridized carbons (Fsp3) is 0.462. The van der Waals surface area contributed by atoms with Crippen LogP contribution in [0.1, 0.15) is 36.8 Å². The third-order valence-electron chi connectivity index (χ3n) is 3.56. The van der Waals surface area contributed by atoms with E-state index in [0.29, 0.717) is 0 Å². The SMILES string of the molecule is CCc1nc2ccc(C3(N)CCC3)cc2s1. The predicted molar refractivity (Wildman–Crippen MR) is 68.7 cm³/mol. The Bertz CT molecular complexity index is 526. The zero-order valence-electron chi connectivity index (χ0n) is 9.49. The first-order valence-electron chi connectivity index (χ1n) is 5.90. The van der Waals surface area contributed by atoms with Gasteiger partial charge in [-0.2, -0.15) is 0 Å². The molecule has 2 aromatic rings. The Balaban J connectivity index is 2.08. The highest BCUT2D eigenvalue weighted by molar-refractivity contribution is 7.18. The lowest BCUT2D eigenvalue weighted by molar-refractivity contribution is 0.254. The summed E-state index contributed by atoms with van der Waals surface area (Å²) in [6, 6.07) is 6.51. The number of nitrogens with zero attached hydrogens (tertiary/aromatic N) is 1. The van der Waals surface area contributed by atoms with Gasteiger partial charge in [0.05, 0.1) is 15.2 Å². The smallest absolute Gasteiger partial charge is 0.0935 e. The number of fused-ring (bicyclic) bond motifs is 1. The minimum absolute atomic E-state index is 0.0510. The van der Waals surface area contributed by atoms with Gasteiger partial charge in [0, 0.05) is 5.54 Å². The summed E-state index contributed by atoms with van der Waals surface area (Å²) in [6.07, 6.45) is 4.52. The van der Waals surface area contributed by atoms with E-state index in [-0.39, 0.29) is 5.54 Å². The number of hydrogen-bond acceptors (Lipinski definition) is 3. The zero-order valence-corrected chi connectivity index (χ0v) is 10.3. The van der Waals surface area contributed by atoms with E-state index in [9.17, 15) is 0 Å². The Labute approximate surface area is 99.5 Å². The fourth-order valence-corrected chi connectivity index (χ4v) is 3.23. The van der Waals surface area contributed by atoms with Crippen molar-refractivity contribution in [3.05, 3.63) is 28.8 Å². The molecule has 0 saturated heterocycles. The Morgan fingerprint density at radius 3 is 2.88 bits per heavy atom. The number of nitrogens with two attached hydrogens (primary N) is 1. The van der Waals surface area contributed by atoms with Gasteiger partial charge in [-0.3, -0.25) is 0 Å². The monoisotopic (exact) mass is 232 g/mol. The Morgan fingerprint density at radius 2 is 2.25 bits per heavy atom. The third kappa shape index (κ3) is 1.46. The average Bonchev–Trinajstić information content (AvgIpc) is 2.67. The highest BCUT2D eigenvalue weighted by Gasteiger charge is 2.34. The van der Waals surface area contributed by atoms with Crippen molar-refractivity contribution < 1.29 is 0 Å². The molecular formula is C13H16N2S. The molecule has 3 rings (SSSR count). The molecule has 2 nitrogen and oxygen atoms in total. The van der Waals surface area contributed by atoms with Gasteiger partial charge in [0.15, 0.2) is 0 Å². The van der Waals surface area contributed by atoms with Crippen LogP contribution in [0.3, 0.4) is 0 Å². The van der Waals surface area contributed by atoms with E-state index >= 15 is 0 Å². The molecule has 0 radical (unpaired) electrons. The summed E-state index contributed by atoms with van der Waals surface area (Å²) < 4.78 is 1.28. The first kappa shape index (κ1) is 10.2. The highest BCUT2D eigenvalue weighted by atomic mass is 32.1. The van der Waals surface area contributed by atoms with E-state index in [1.54, 1.807) is 11.3 Å². The Morgan fingerprint density at radius 1 is 1.44 bits per heavy atom. The number of benzene rings is 1. The molecule has 16 heavy (non-hydrogen) atoms. The number of aromatic nitrogens is 1. The van der Waals surface area contributed by atoms with Gasteiger partial charge >= 0.3 is 0 Å². The minimum Gasteiger partial charge on any atom is -0.321 e. The zero-order chi connectivity index (χ0) is 11.2. The van der Waals surface area contributed by atoms with Crippen LogP contribution in [0.4, 0.5) is 0 Å². The summed E-state index contributed by atoms with van der Waals surface area (Å²) in [5.41, 5.74) is 8.70. The molecule has 84 valence electrons. The van der Waals surface area contributed by atoms with E-state index in [4.69, 9.17) is 5.73 Å². The van der Waals surface area contributed by atoms with Gasteiger partial charge in [0.25, 0.3) is 0 Å². The van der Waals surface area contributed by atoms with Crippen molar-refractivity contribution in [3.8, 4) is 0 Å². The van der Waals surface area contributed by atoms with Gasteiger partial charge in [-0.25, -0.2) is 4.98 Å². The van der Waals surface area contributed by atoms with Gasteiger partial charge in [-0.1, -0.05) is 13.0 Å². The predicted octanol–water partition coefficient (Wildman–Crippen LogP) is 3.20. The van der Waals surface area contributed by atoms with Crippen molar-refractivity contribution in [2.45, 2.75) is 38.1 Å². The third-order valence-corrected chi connectivity index (χ3v) is 4.72. The van der Waals surface area contributed by atoms with Crippen molar-refractivity contribution in [2.75, 3.05) is 0 Å². The highest BCUT2D eigenvalue weighted by Crippen LogP contribution is 2.40. The topological polar surface area (TPSA) is 38.9 Å². The Kier molecular flexibility index (Phi) is 2.26. The van der Waals surface area contributed by atoms with E-state index < -0.39 is 0 Å². The lowest BCUT2D eigenvalue weighted by Crippen LogP contribution is -2.43. The summed E-state index contributed by atoms with van der Waals surface area (Å²) in [7, 11) is 0. The van der Waals surface area contributed by atoms with E-state index in [2.05, 4.69) is 30.1 Å². The average molecular weight is 232 g/mol. The van der Waals surface area contributed by atoms with Crippen molar-refractivity contribution in [1.82, 2.24) is 4.98 Å². The van der Waals surface area contributed by atoms with Crippen molar-refractivity contribution >= 4 is 21.6 Å². The molecule has 0 unspecified atom stereocenters. The lowest BCUT2D eigenvalue weighted by atomic mass is 9.73. The van der Waals surface area contributed by atoms with Crippen LogP contribution in [-0.2, 0) is 12.0 Å². The lowest BCUT2D eigenvalue weighted by Gasteiger charge is -2.38. The van der Waals surface area contributed by atoms with Gasteiger partial charge in [0.1, 0.15) is 0 Å². The largest absolute Gasteiger partial charge is 0.321 e. The van der Waals surface area contributed by atoms with Gasteiger partial charge in [-0.15, -0.1) is 11.3 Å². The number of hydrogen-bond donors (Lipinski definition) is 1. The first-order valence-corrected chi connectivity index (χ1v) is 6.72. The van der Waals surface area contributed by atoms with Crippen LogP contribution in [0, 0.1) is 0 Å². The maximum atomic E-state index is 6.34. The number of rotatable bonds is 2. The molecule has 1 saturated carbocycles. The molecule has 0 spiro atoms. The second-order valence-corrected chi connectivity index (χ2v) is 5.77. The molecule has 2 N–H and O–H groups in total. The maximum Gasteiger partial charge on any atom is 0.0935 e. The molecule has 1 heterocycles. The van der Waals surface area contributed by atoms with Crippen LogP contribution in [0.5, 0.6) is 0 Å². The standard InChI is InChI=1S/C13H16N2S/c1-2-12-15-10-5-4-9(8-11(10)16-12)13(14)6-3-7-13/h4-5,8H,2-3,6-7,14H2,1H3. The number of aryl methyl sites for hydroxylation is 1. The summed E-state index contributed by atoms with van der Waals surface area (Å²) >= 11 is 1.80. The second kappa shape index (κ2) is 3.54. The molecule has 1 aromatic heterocycles. The van der Waals surface area contributed by atoms with Gasteiger partial charge < -0.3 is 5.73 Å². The fourth-order valence-electron chi connectivity index (χ4n) is 2.28. The van der Waals surface area contributed by atoms with Crippen LogP contribution in [0.15, 0.2) is 18.2 Å².